The molecule has 4 aromatic rings. The fourth-order valence-electron chi connectivity index (χ4n) is 2.54. The molecule has 1 amide bonds. The number of hydrogen-bond acceptors (Lipinski definition) is 5. The molecule has 0 unspecified atom stereocenters. The summed E-state index contributed by atoms with van der Waals surface area (Å²) in [6.45, 7) is 3.96. The Labute approximate surface area is 159 Å². The first-order chi connectivity index (χ1) is 12.6. The van der Waals surface area contributed by atoms with Gasteiger partial charge in [0, 0.05) is 17.0 Å². The summed E-state index contributed by atoms with van der Waals surface area (Å²) in [5, 5.41) is 12.0. The Bertz CT molecular complexity index is 1050. The van der Waals surface area contributed by atoms with Crippen LogP contribution in [0.4, 0.5) is 5.82 Å². The normalized spacial score (nSPS) is 10.8. The number of thiazole rings is 1. The van der Waals surface area contributed by atoms with Gasteiger partial charge in [0.1, 0.15) is 5.82 Å². The maximum atomic E-state index is 12.4. The van der Waals surface area contributed by atoms with Crippen LogP contribution in [0.5, 0.6) is 0 Å². The average molecular weight is 380 g/mol. The van der Waals surface area contributed by atoms with Gasteiger partial charge in [-0.25, -0.2) is 4.98 Å². The van der Waals surface area contributed by atoms with Crippen molar-refractivity contribution < 1.29 is 4.79 Å². The smallest absolute Gasteiger partial charge is 0.266 e. The Hall–Kier alpha value is -2.77. The molecule has 0 aliphatic rings. The molecule has 26 heavy (non-hydrogen) atoms. The number of aromatic nitrogens is 3. The third-order valence-electron chi connectivity index (χ3n) is 3.84. The Kier molecular flexibility index (Phi) is 4.40. The minimum Gasteiger partial charge on any atom is -0.306 e. The summed E-state index contributed by atoms with van der Waals surface area (Å²) in [7, 11) is 0. The predicted molar refractivity (Wildman–Crippen MR) is 106 cm³/mol. The van der Waals surface area contributed by atoms with Crippen LogP contribution in [0.15, 0.2) is 53.2 Å². The van der Waals surface area contributed by atoms with Gasteiger partial charge in [-0.1, -0.05) is 35.9 Å². The van der Waals surface area contributed by atoms with Crippen LogP contribution in [0.25, 0.3) is 16.4 Å². The number of anilines is 1. The number of aryl methyl sites for hydroxylation is 2. The van der Waals surface area contributed by atoms with Crippen molar-refractivity contribution >= 4 is 34.4 Å². The number of hydrogen-bond donors (Lipinski definition) is 1. The Morgan fingerprint density at radius 1 is 1.12 bits per heavy atom. The Morgan fingerprint density at radius 3 is 2.65 bits per heavy atom. The minimum absolute atomic E-state index is 0.142. The van der Waals surface area contributed by atoms with E-state index in [0.717, 1.165) is 22.1 Å². The summed E-state index contributed by atoms with van der Waals surface area (Å²) < 4.78 is 1.68. The van der Waals surface area contributed by atoms with Crippen molar-refractivity contribution in [3.05, 3.63) is 69.4 Å². The monoisotopic (exact) mass is 380 g/mol. The molecule has 0 saturated heterocycles. The molecule has 3 heterocycles. The number of amides is 1. The zero-order valence-corrected chi connectivity index (χ0v) is 15.9. The van der Waals surface area contributed by atoms with Gasteiger partial charge in [0.25, 0.3) is 5.91 Å². The highest BCUT2D eigenvalue weighted by Gasteiger charge is 2.15. The van der Waals surface area contributed by atoms with Crippen LogP contribution in [0.3, 0.4) is 0 Å². The standard InChI is InChI=1S/C19H16N4OS2/c1-12-5-7-14(8-6-12)15-11-26-19(20-15)23-17(10-13(2)22-23)21-18(24)16-4-3-9-25-16/h3-11H,1-2H3,(H,21,24). The van der Waals surface area contributed by atoms with E-state index in [1.165, 1.54) is 28.2 Å². The zero-order chi connectivity index (χ0) is 18.1. The first-order valence-corrected chi connectivity index (χ1v) is 9.80. The van der Waals surface area contributed by atoms with Crippen molar-refractivity contribution in [2.75, 3.05) is 5.32 Å². The van der Waals surface area contributed by atoms with Crippen molar-refractivity contribution in [3.63, 3.8) is 0 Å². The summed E-state index contributed by atoms with van der Waals surface area (Å²) in [6, 6.07) is 13.8. The third-order valence-corrected chi connectivity index (χ3v) is 5.52. The topological polar surface area (TPSA) is 59.8 Å². The lowest BCUT2D eigenvalue weighted by Gasteiger charge is -2.05. The maximum Gasteiger partial charge on any atom is 0.266 e. The Balaban J connectivity index is 1.64. The molecule has 1 aromatic carbocycles. The van der Waals surface area contributed by atoms with E-state index in [-0.39, 0.29) is 5.91 Å². The molecule has 1 N–H and O–H groups in total. The van der Waals surface area contributed by atoms with Crippen molar-refractivity contribution in [2.45, 2.75) is 13.8 Å². The lowest BCUT2D eigenvalue weighted by molar-refractivity contribution is 0.103. The largest absolute Gasteiger partial charge is 0.306 e. The van der Waals surface area contributed by atoms with Crippen molar-refractivity contribution in [3.8, 4) is 16.4 Å². The van der Waals surface area contributed by atoms with Crippen LogP contribution >= 0.6 is 22.7 Å². The molecule has 5 nitrogen and oxygen atoms in total. The molecule has 0 atom stereocenters. The first-order valence-electron chi connectivity index (χ1n) is 8.04. The van der Waals surface area contributed by atoms with Gasteiger partial charge >= 0.3 is 0 Å². The second-order valence-corrected chi connectivity index (χ2v) is 7.68. The molecule has 7 heteroatoms. The van der Waals surface area contributed by atoms with E-state index in [1.807, 2.05) is 29.8 Å². The highest BCUT2D eigenvalue weighted by molar-refractivity contribution is 7.12. The van der Waals surface area contributed by atoms with Crippen molar-refractivity contribution in [2.24, 2.45) is 0 Å². The zero-order valence-electron chi connectivity index (χ0n) is 14.3. The van der Waals surface area contributed by atoms with E-state index < -0.39 is 0 Å². The molecule has 0 spiro atoms. The number of rotatable bonds is 4. The molecule has 0 bridgehead atoms. The second-order valence-electron chi connectivity index (χ2n) is 5.90. The molecule has 0 aliphatic carbocycles. The molecule has 0 radical (unpaired) electrons. The fourth-order valence-corrected chi connectivity index (χ4v) is 3.95. The first kappa shape index (κ1) is 16.7. The highest BCUT2D eigenvalue weighted by atomic mass is 32.1. The van der Waals surface area contributed by atoms with E-state index in [9.17, 15) is 4.79 Å². The molecule has 130 valence electrons. The lowest BCUT2D eigenvalue weighted by Crippen LogP contribution is -2.13. The van der Waals surface area contributed by atoms with Crippen LogP contribution in [-0.2, 0) is 0 Å². The maximum absolute atomic E-state index is 12.4. The fraction of sp³-hybridized carbons (Fsp3) is 0.105. The molecule has 3 aromatic heterocycles. The quantitative estimate of drug-likeness (QED) is 0.546. The van der Waals surface area contributed by atoms with E-state index in [4.69, 9.17) is 4.98 Å². The van der Waals surface area contributed by atoms with Crippen LogP contribution < -0.4 is 5.32 Å². The summed E-state index contributed by atoms with van der Waals surface area (Å²) >= 11 is 2.90. The van der Waals surface area contributed by atoms with Crippen LogP contribution in [0.1, 0.15) is 20.9 Å². The van der Waals surface area contributed by atoms with Crippen LogP contribution in [0.2, 0.25) is 0 Å². The van der Waals surface area contributed by atoms with Crippen LogP contribution in [-0.4, -0.2) is 20.7 Å². The number of nitrogens with one attached hydrogen (secondary N) is 1. The van der Waals surface area contributed by atoms with Gasteiger partial charge in [0.2, 0.25) is 5.13 Å². The number of thiophene rings is 1. The molecule has 4 rings (SSSR count). The van der Waals surface area contributed by atoms with Gasteiger partial charge < -0.3 is 5.32 Å². The SMILES string of the molecule is Cc1ccc(-c2csc(-n3nc(C)cc3NC(=O)c3cccs3)n2)cc1. The lowest BCUT2D eigenvalue weighted by atomic mass is 10.1. The number of carbonyl (C=O) groups is 1. The molecular formula is C19H16N4OS2. The Morgan fingerprint density at radius 2 is 1.92 bits per heavy atom. The predicted octanol–water partition coefficient (Wildman–Crippen LogP) is 4.93. The molecule has 0 aliphatic heterocycles. The van der Waals surface area contributed by atoms with Crippen molar-refractivity contribution in [1.29, 1.82) is 0 Å². The summed E-state index contributed by atoms with van der Waals surface area (Å²) in [4.78, 5) is 17.7. The van der Waals surface area contributed by atoms with E-state index >= 15 is 0 Å². The molecule has 0 fully saturated rings. The van der Waals surface area contributed by atoms with Gasteiger partial charge in [0.05, 0.1) is 16.3 Å². The summed E-state index contributed by atoms with van der Waals surface area (Å²) in [5.41, 5.74) is 3.99. The van der Waals surface area contributed by atoms with Crippen molar-refractivity contribution in [1.82, 2.24) is 14.8 Å². The van der Waals surface area contributed by atoms with Gasteiger partial charge in [0.15, 0.2) is 0 Å². The van der Waals surface area contributed by atoms with E-state index in [1.54, 1.807) is 10.7 Å². The van der Waals surface area contributed by atoms with E-state index in [2.05, 4.69) is 41.6 Å². The van der Waals surface area contributed by atoms with Gasteiger partial charge in [-0.15, -0.1) is 22.7 Å². The minimum atomic E-state index is -0.142. The molecule has 0 saturated carbocycles. The van der Waals surface area contributed by atoms with Gasteiger partial charge in [-0.05, 0) is 25.3 Å². The number of nitrogens with zero attached hydrogens (tertiary/aromatic N) is 3. The number of benzene rings is 1. The summed E-state index contributed by atoms with van der Waals surface area (Å²) in [6.07, 6.45) is 0. The van der Waals surface area contributed by atoms with Gasteiger partial charge in [-0.2, -0.15) is 9.78 Å². The van der Waals surface area contributed by atoms with Crippen LogP contribution in [0, 0.1) is 13.8 Å². The third kappa shape index (κ3) is 3.31. The molecular weight excluding hydrogens is 364 g/mol. The summed E-state index contributed by atoms with van der Waals surface area (Å²) in [5.74, 6) is 0.474. The van der Waals surface area contributed by atoms with E-state index in [0.29, 0.717) is 10.7 Å². The average Bonchev–Trinajstić information content (AvgIpc) is 3.35. The highest BCUT2D eigenvalue weighted by Crippen LogP contribution is 2.27. The second kappa shape index (κ2) is 6.86. The van der Waals surface area contributed by atoms with Gasteiger partial charge in [-0.3, -0.25) is 4.79 Å². The number of carbonyl (C=O) groups excluding carboxylic acids is 1.